The molecule has 1 aliphatic carbocycles. The molecule has 1 heterocycles. The Labute approximate surface area is 216 Å². The van der Waals surface area contributed by atoms with E-state index in [1.54, 1.807) is 29.9 Å². The van der Waals surface area contributed by atoms with Gasteiger partial charge < -0.3 is 11.1 Å². The number of nitrogens with one attached hydrogen (secondary N) is 2. The van der Waals surface area contributed by atoms with Gasteiger partial charge in [0.05, 0.1) is 16.8 Å². The molecule has 0 unspecified atom stereocenters. The Kier molecular flexibility index (Phi) is 7.77. The molecule has 1 saturated carbocycles. The number of aryl methyl sites for hydroxylation is 2. The first-order valence-electron chi connectivity index (χ1n) is 11.7. The fourth-order valence-electron chi connectivity index (χ4n) is 4.24. The molecule has 1 aromatic heterocycles. The topological polar surface area (TPSA) is 127 Å². The standard InChI is InChI=1S/C25H30ClN7O2S/c1-16-14-17(8-13-21(16)30-25(28-2)29-19-11-9-18(27)10-12-19)22-15-24(31-33(22)3)32-36(34,35)23-7-5-4-6-20(23)26/h4-8,13-15,18-19H,2,9-12,27H2,1,3H3,(H,29,30)(H,31,32). The number of halogens is 1. The summed E-state index contributed by atoms with van der Waals surface area (Å²) < 4.78 is 29.7. The normalized spacial score (nSPS) is 18.6. The van der Waals surface area contributed by atoms with E-state index in [4.69, 9.17) is 22.3 Å². The van der Waals surface area contributed by atoms with Crippen molar-refractivity contribution in [3.8, 4) is 11.3 Å². The molecule has 4 rings (SSSR count). The summed E-state index contributed by atoms with van der Waals surface area (Å²) in [6, 6.07) is 14.3. The van der Waals surface area contributed by atoms with Crippen LogP contribution in [0.2, 0.25) is 5.02 Å². The second-order valence-electron chi connectivity index (χ2n) is 8.91. The first-order valence-corrected chi connectivity index (χ1v) is 13.5. The fourth-order valence-corrected chi connectivity index (χ4v) is 5.75. The summed E-state index contributed by atoms with van der Waals surface area (Å²) in [5.41, 5.74) is 9.45. The molecule has 0 radical (unpaired) electrons. The first kappa shape index (κ1) is 25.9. The van der Waals surface area contributed by atoms with Gasteiger partial charge in [0.25, 0.3) is 10.0 Å². The lowest BCUT2D eigenvalue weighted by atomic mass is 9.92. The van der Waals surface area contributed by atoms with E-state index in [0.29, 0.717) is 5.96 Å². The van der Waals surface area contributed by atoms with Crippen LogP contribution in [0.1, 0.15) is 31.2 Å². The van der Waals surface area contributed by atoms with E-state index in [-0.39, 0.29) is 27.8 Å². The molecule has 3 aromatic rings. The summed E-state index contributed by atoms with van der Waals surface area (Å²) in [7, 11) is -2.12. The number of anilines is 2. The average molecular weight is 528 g/mol. The molecule has 2 aromatic carbocycles. The number of benzene rings is 2. The summed E-state index contributed by atoms with van der Waals surface area (Å²) in [6.07, 6.45) is 3.83. The number of aromatic nitrogens is 2. The fraction of sp³-hybridized carbons (Fsp3) is 0.320. The van der Waals surface area contributed by atoms with Gasteiger partial charge >= 0.3 is 0 Å². The van der Waals surface area contributed by atoms with E-state index >= 15 is 0 Å². The van der Waals surface area contributed by atoms with E-state index in [9.17, 15) is 8.42 Å². The van der Waals surface area contributed by atoms with Crippen molar-refractivity contribution < 1.29 is 8.42 Å². The number of rotatable bonds is 6. The van der Waals surface area contributed by atoms with Crippen LogP contribution in [0.25, 0.3) is 11.3 Å². The third-order valence-corrected chi connectivity index (χ3v) is 8.06. The molecule has 0 saturated heterocycles. The van der Waals surface area contributed by atoms with Gasteiger partial charge in [0, 0.05) is 30.4 Å². The number of guanidine groups is 1. The monoisotopic (exact) mass is 527 g/mol. The molecule has 1 fully saturated rings. The zero-order valence-corrected chi connectivity index (χ0v) is 21.9. The maximum Gasteiger partial charge on any atom is 0.264 e. The summed E-state index contributed by atoms with van der Waals surface area (Å²) in [6.45, 7) is 5.64. The molecule has 11 heteroatoms. The van der Waals surface area contributed by atoms with Crippen molar-refractivity contribution >= 4 is 45.8 Å². The highest BCUT2D eigenvalue weighted by Crippen LogP contribution is 2.29. The van der Waals surface area contributed by atoms with Crippen LogP contribution in [0.5, 0.6) is 0 Å². The second-order valence-corrected chi connectivity index (χ2v) is 11.0. The van der Waals surface area contributed by atoms with Crippen molar-refractivity contribution in [1.29, 1.82) is 0 Å². The van der Waals surface area contributed by atoms with E-state index in [1.807, 2.05) is 25.1 Å². The lowest BCUT2D eigenvalue weighted by Gasteiger charge is -2.23. The van der Waals surface area contributed by atoms with E-state index in [2.05, 4.69) is 26.8 Å². The second kappa shape index (κ2) is 10.8. The van der Waals surface area contributed by atoms with Crippen molar-refractivity contribution in [3.63, 3.8) is 0 Å². The van der Waals surface area contributed by atoms with Crippen LogP contribution >= 0.6 is 11.6 Å². The third-order valence-electron chi connectivity index (χ3n) is 6.21. The number of hydrogen-bond donors (Lipinski definition) is 3. The van der Waals surface area contributed by atoms with Crippen LogP contribution in [-0.2, 0) is 17.1 Å². The van der Waals surface area contributed by atoms with E-state index in [1.165, 1.54) is 12.1 Å². The Morgan fingerprint density at radius 3 is 2.56 bits per heavy atom. The minimum Gasteiger partial charge on any atom is -0.328 e. The van der Waals surface area contributed by atoms with E-state index in [0.717, 1.165) is 48.2 Å². The minimum atomic E-state index is -3.88. The van der Waals surface area contributed by atoms with Crippen LogP contribution in [0, 0.1) is 6.92 Å². The van der Waals surface area contributed by atoms with Gasteiger partial charge in [-0.1, -0.05) is 29.8 Å². The van der Waals surface area contributed by atoms with Gasteiger partial charge in [0.15, 0.2) is 5.82 Å². The zero-order chi connectivity index (χ0) is 25.9. The van der Waals surface area contributed by atoms with Crippen molar-refractivity contribution in [3.05, 3.63) is 59.1 Å². The molecule has 4 N–H and O–H groups in total. The van der Waals surface area contributed by atoms with Gasteiger partial charge in [-0.15, -0.1) is 0 Å². The Morgan fingerprint density at radius 2 is 1.89 bits per heavy atom. The predicted octanol–water partition coefficient (Wildman–Crippen LogP) is 4.59. The molecule has 0 bridgehead atoms. The Bertz CT molecular complexity index is 1390. The van der Waals surface area contributed by atoms with Crippen LogP contribution in [0.3, 0.4) is 0 Å². The highest BCUT2D eigenvalue weighted by Gasteiger charge is 2.21. The minimum absolute atomic E-state index is 0.00508. The van der Waals surface area contributed by atoms with Gasteiger partial charge in [-0.05, 0) is 69.2 Å². The average Bonchev–Trinajstić information content (AvgIpc) is 3.20. The van der Waals surface area contributed by atoms with E-state index < -0.39 is 10.0 Å². The third kappa shape index (κ3) is 5.95. The predicted molar refractivity (Wildman–Crippen MR) is 146 cm³/mol. The number of nitrogens with two attached hydrogens (primary N) is 1. The smallest absolute Gasteiger partial charge is 0.264 e. The molecule has 36 heavy (non-hydrogen) atoms. The van der Waals surface area contributed by atoms with Gasteiger partial charge in [0.2, 0.25) is 5.96 Å². The van der Waals surface area contributed by atoms with Gasteiger partial charge in [-0.3, -0.25) is 9.40 Å². The molecule has 0 amide bonds. The van der Waals surface area contributed by atoms with Crippen molar-refractivity contribution in [1.82, 2.24) is 9.78 Å². The van der Waals surface area contributed by atoms with Gasteiger partial charge in [-0.2, -0.15) is 5.10 Å². The van der Waals surface area contributed by atoms with Crippen LogP contribution < -0.4 is 15.8 Å². The largest absolute Gasteiger partial charge is 0.328 e. The first-order chi connectivity index (χ1) is 17.2. The number of nitrogens with zero attached hydrogens (tertiary/aromatic N) is 4. The van der Waals surface area contributed by atoms with Crippen LogP contribution in [0.15, 0.2) is 63.4 Å². The number of sulfonamides is 1. The molecule has 1 aliphatic rings. The number of aliphatic imine (C=N–C) groups is 2. The molecular weight excluding hydrogens is 498 g/mol. The lowest BCUT2D eigenvalue weighted by Crippen LogP contribution is -2.29. The van der Waals surface area contributed by atoms with Crippen molar-refractivity contribution in [2.75, 3.05) is 10.0 Å². The van der Waals surface area contributed by atoms with Crippen molar-refractivity contribution in [2.45, 2.75) is 49.6 Å². The molecule has 9 nitrogen and oxygen atoms in total. The number of hydrogen-bond acceptors (Lipinski definition) is 5. The van der Waals surface area contributed by atoms with Gasteiger partial charge in [0.1, 0.15) is 4.90 Å². The highest BCUT2D eigenvalue weighted by molar-refractivity contribution is 7.92. The van der Waals surface area contributed by atoms with Crippen LogP contribution in [-0.4, -0.2) is 43.0 Å². The summed E-state index contributed by atoms with van der Waals surface area (Å²) in [5, 5.41) is 7.74. The Hall–Kier alpha value is -3.21. The molecule has 0 spiro atoms. The molecule has 0 atom stereocenters. The Balaban J connectivity index is 1.51. The molecule has 190 valence electrons. The maximum absolute atomic E-state index is 12.8. The summed E-state index contributed by atoms with van der Waals surface area (Å²) >= 11 is 6.07. The highest BCUT2D eigenvalue weighted by atomic mass is 35.5. The summed E-state index contributed by atoms with van der Waals surface area (Å²) in [4.78, 5) is 8.78. The molecular formula is C25H30ClN7O2S. The van der Waals surface area contributed by atoms with Crippen LogP contribution in [0.4, 0.5) is 11.5 Å². The SMILES string of the molecule is C=NC(=NC1CCC(N)CC1)Nc1ccc(-c2cc(NS(=O)(=O)c3ccccc3Cl)nn2C)cc1C. The maximum atomic E-state index is 12.8. The lowest BCUT2D eigenvalue weighted by molar-refractivity contribution is 0.396. The van der Waals surface area contributed by atoms with Crippen molar-refractivity contribution in [2.24, 2.45) is 22.8 Å². The van der Waals surface area contributed by atoms with Gasteiger partial charge in [-0.25, -0.2) is 18.4 Å². The molecule has 0 aliphatic heterocycles. The zero-order valence-electron chi connectivity index (χ0n) is 20.3. The summed E-state index contributed by atoms with van der Waals surface area (Å²) in [5.74, 6) is 0.688. The quantitative estimate of drug-likeness (QED) is 0.319. The Morgan fingerprint density at radius 1 is 1.17 bits per heavy atom.